The molecular formula is C13H11ClFN3S. The van der Waals surface area contributed by atoms with Crippen molar-refractivity contribution >= 4 is 34.0 Å². The van der Waals surface area contributed by atoms with Crippen molar-refractivity contribution in [3.05, 3.63) is 45.9 Å². The molecule has 0 aliphatic carbocycles. The molecule has 0 radical (unpaired) electrons. The van der Waals surface area contributed by atoms with Crippen molar-refractivity contribution in [2.75, 3.05) is 0 Å². The first-order valence-electron chi connectivity index (χ1n) is 5.79. The van der Waals surface area contributed by atoms with Gasteiger partial charge in [-0.1, -0.05) is 6.07 Å². The van der Waals surface area contributed by atoms with Gasteiger partial charge in [-0.15, -0.1) is 22.9 Å². The highest BCUT2D eigenvalue weighted by Crippen LogP contribution is 2.22. The van der Waals surface area contributed by atoms with Crippen LogP contribution in [0.1, 0.15) is 16.5 Å². The van der Waals surface area contributed by atoms with Crippen LogP contribution in [0.4, 0.5) is 4.39 Å². The van der Waals surface area contributed by atoms with Crippen LogP contribution in [-0.2, 0) is 12.4 Å². The topological polar surface area (TPSA) is 30.7 Å². The standard InChI is InChI=1S/C13H11ClFN3S/c1-8-7-19-12(16-8)6-18-10-4-2-3-9(15)13(10)17-11(18)5-14/h2-4,7H,5-6H2,1H3. The molecule has 2 aromatic heterocycles. The molecule has 0 saturated heterocycles. The normalized spacial score (nSPS) is 11.3. The van der Waals surface area contributed by atoms with Crippen molar-refractivity contribution in [2.24, 2.45) is 0 Å². The van der Waals surface area contributed by atoms with E-state index in [-0.39, 0.29) is 11.7 Å². The zero-order valence-electron chi connectivity index (χ0n) is 10.2. The summed E-state index contributed by atoms with van der Waals surface area (Å²) in [5.41, 5.74) is 2.11. The lowest BCUT2D eigenvalue weighted by atomic mass is 10.3. The molecule has 0 bridgehead atoms. The Morgan fingerprint density at radius 1 is 1.37 bits per heavy atom. The van der Waals surface area contributed by atoms with Gasteiger partial charge in [0.25, 0.3) is 0 Å². The molecule has 98 valence electrons. The number of aromatic nitrogens is 3. The van der Waals surface area contributed by atoms with Crippen molar-refractivity contribution in [2.45, 2.75) is 19.3 Å². The molecule has 0 fully saturated rings. The molecule has 0 unspecified atom stereocenters. The number of aryl methyl sites for hydroxylation is 1. The predicted octanol–water partition coefficient (Wildman–Crippen LogP) is 3.73. The summed E-state index contributed by atoms with van der Waals surface area (Å²) in [6, 6.07) is 4.94. The summed E-state index contributed by atoms with van der Waals surface area (Å²) in [5, 5.41) is 2.96. The van der Waals surface area contributed by atoms with Crippen LogP contribution in [0.5, 0.6) is 0 Å². The number of para-hydroxylation sites is 1. The van der Waals surface area contributed by atoms with Crippen molar-refractivity contribution < 1.29 is 4.39 Å². The fraction of sp³-hybridized carbons (Fsp3) is 0.231. The highest BCUT2D eigenvalue weighted by atomic mass is 35.5. The summed E-state index contributed by atoms with van der Waals surface area (Å²) in [4.78, 5) is 8.69. The maximum Gasteiger partial charge on any atom is 0.151 e. The van der Waals surface area contributed by atoms with Crippen LogP contribution in [0.2, 0.25) is 0 Å². The van der Waals surface area contributed by atoms with E-state index in [1.807, 2.05) is 22.9 Å². The second-order valence-electron chi connectivity index (χ2n) is 4.24. The van der Waals surface area contributed by atoms with E-state index in [4.69, 9.17) is 11.6 Å². The fourth-order valence-corrected chi connectivity index (χ4v) is 3.01. The van der Waals surface area contributed by atoms with E-state index < -0.39 is 0 Å². The molecule has 0 saturated carbocycles. The van der Waals surface area contributed by atoms with Crippen LogP contribution in [0.25, 0.3) is 11.0 Å². The number of imidazole rings is 1. The van der Waals surface area contributed by atoms with E-state index in [2.05, 4.69) is 9.97 Å². The van der Waals surface area contributed by atoms with Crippen LogP contribution in [0.15, 0.2) is 23.6 Å². The van der Waals surface area contributed by atoms with Gasteiger partial charge in [0.05, 0.1) is 17.9 Å². The minimum atomic E-state index is -0.321. The predicted molar refractivity (Wildman–Crippen MR) is 75.2 cm³/mol. The Labute approximate surface area is 118 Å². The molecule has 0 atom stereocenters. The zero-order chi connectivity index (χ0) is 13.4. The number of nitrogens with zero attached hydrogens (tertiary/aromatic N) is 3. The SMILES string of the molecule is Cc1csc(Cn2c(CCl)nc3c(F)cccc32)n1. The average molecular weight is 296 g/mol. The summed E-state index contributed by atoms with van der Waals surface area (Å²) in [6.45, 7) is 2.52. The van der Waals surface area contributed by atoms with Gasteiger partial charge in [-0.2, -0.15) is 0 Å². The van der Waals surface area contributed by atoms with Gasteiger partial charge >= 0.3 is 0 Å². The van der Waals surface area contributed by atoms with Gasteiger partial charge in [0.15, 0.2) is 5.82 Å². The van der Waals surface area contributed by atoms with Gasteiger partial charge in [-0.05, 0) is 19.1 Å². The quantitative estimate of drug-likeness (QED) is 0.689. The van der Waals surface area contributed by atoms with E-state index in [0.717, 1.165) is 16.2 Å². The first-order chi connectivity index (χ1) is 9.19. The van der Waals surface area contributed by atoms with E-state index in [1.165, 1.54) is 6.07 Å². The summed E-state index contributed by atoms with van der Waals surface area (Å²) < 4.78 is 15.6. The molecule has 6 heteroatoms. The second kappa shape index (κ2) is 4.90. The van der Waals surface area contributed by atoms with Gasteiger partial charge in [0, 0.05) is 11.1 Å². The highest BCUT2D eigenvalue weighted by Gasteiger charge is 2.14. The third-order valence-electron chi connectivity index (χ3n) is 2.89. The maximum absolute atomic E-state index is 13.7. The van der Waals surface area contributed by atoms with Crippen LogP contribution in [0.3, 0.4) is 0 Å². The molecule has 0 amide bonds. The smallest absolute Gasteiger partial charge is 0.151 e. The Kier molecular flexibility index (Phi) is 3.24. The van der Waals surface area contributed by atoms with E-state index in [9.17, 15) is 4.39 Å². The van der Waals surface area contributed by atoms with Crippen molar-refractivity contribution in [3.8, 4) is 0 Å². The Morgan fingerprint density at radius 3 is 2.89 bits per heavy atom. The van der Waals surface area contributed by atoms with E-state index in [0.29, 0.717) is 17.9 Å². The molecule has 3 rings (SSSR count). The third kappa shape index (κ3) is 2.24. The summed E-state index contributed by atoms with van der Waals surface area (Å²) >= 11 is 7.49. The molecule has 0 aliphatic heterocycles. The molecular weight excluding hydrogens is 285 g/mol. The van der Waals surface area contributed by atoms with Gasteiger partial charge in [0.2, 0.25) is 0 Å². The van der Waals surface area contributed by atoms with Crippen LogP contribution >= 0.6 is 22.9 Å². The lowest BCUT2D eigenvalue weighted by Gasteiger charge is -2.05. The Balaban J connectivity index is 2.13. The molecule has 19 heavy (non-hydrogen) atoms. The Morgan fingerprint density at radius 2 is 2.21 bits per heavy atom. The molecule has 0 spiro atoms. The van der Waals surface area contributed by atoms with Crippen LogP contribution < -0.4 is 0 Å². The lowest BCUT2D eigenvalue weighted by molar-refractivity contribution is 0.637. The fourth-order valence-electron chi connectivity index (χ4n) is 2.05. The lowest BCUT2D eigenvalue weighted by Crippen LogP contribution is -2.03. The van der Waals surface area contributed by atoms with Crippen molar-refractivity contribution in [3.63, 3.8) is 0 Å². The van der Waals surface area contributed by atoms with Crippen LogP contribution in [0, 0.1) is 12.7 Å². The minimum Gasteiger partial charge on any atom is -0.320 e. The highest BCUT2D eigenvalue weighted by molar-refractivity contribution is 7.09. The number of fused-ring (bicyclic) bond motifs is 1. The van der Waals surface area contributed by atoms with Crippen molar-refractivity contribution in [1.82, 2.24) is 14.5 Å². The van der Waals surface area contributed by atoms with Gasteiger partial charge in [0.1, 0.15) is 16.3 Å². The number of thiazole rings is 1. The number of hydrogen-bond donors (Lipinski definition) is 0. The number of halogens is 2. The molecule has 3 aromatic rings. The largest absolute Gasteiger partial charge is 0.320 e. The Bertz CT molecular complexity index is 735. The zero-order valence-corrected chi connectivity index (χ0v) is 11.8. The number of alkyl halides is 1. The van der Waals surface area contributed by atoms with Gasteiger partial charge in [-0.3, -0.25) is 0 Å². The maximum atomic E-state index is 13.7. The van der Waals surface area contributed by atoms with Crippen molar-refractivity contribution in [1.29, 1.82) is 0 Å². The van der Waals surface area contributed by atoms with E-state index >= 15 is 0 Å². The molecule has 1 aromatic carbocycles. The number of benzene rings is 1. The summed E-state index contributed by atoms with van der Waals surface area (Å²) in [5.74, 6) is 0.589. The molecule has 2 heterocycles. The van der Waals surface area contributed by atoms with E-state index in [1.54, 1.807) is 17.4 Å². The summed E-state index contributed by atoms with van der Waals surface area (Å²) in [6.07, 6.45) is 0. The third-order valence-corrected chi connectivity index (χ3v) is 4.08. The van der Waals surface area contributed by atoms with Gasteiger partial charge < -0.3 is 4.57 Å². The first-order valence-corrected chi connectivity index (χ1v) is 7.21. The number of hydrogen-bond acceptors (Lipinski definition) is 3. The minimum absolute atomic E-state index is 0.248. The second-order valence-corrected chi connectivity index (χ2v) is 5.45. The number of rotatable bonds is 3. The van der Waals surface area contributed by atoms with Crippen LogP contribution in [-0.4, -0.2) is 14.5 Å². The molecule has 0 N–H and O–H groups in total. The molecule has 3 nitrogen and oxygen atoms in total. The first kappa shape index (κ1) is 12.6. The monoisotopic (exact) mass is 295 g/mol. The average Bonchev–Trinajstić information content (AvgIpc) is 2.96. The van der Waals surface area contributed by atoms with Gasteiger partial charge in [-0.25, -0.2) is 14.4 Å². The summed E-state index contributed by atoms with van der Waals surface area (Å²) in [7, 11) is 0. The Hall–Kier alpha value is -1.46. The molecule has 0 aliphatic rings.